The molecule has 25 heavy (non-hydrogen) atoms. The average molecular weight is 377 g/mol. The van der Waals surface area contributed by atoms with Gasteiger partial charge in [0.05, 0.1) is 16.5 Å². The van der Waals surface area contributed by atoms with Crippen LogP contribution < -0.4 is 10.6 Å². The predicted octanol–water partition coefficient (Wildman–Crippen LogP) is 4.20. The number of amides is 2. The van der Waals surface area contributed by atoms with E-state index in [9.17, 15) is 9.59 Å². The lowest BCUT2D eigenvalue weighted by Crippen LogP contribution is -2.24. The third-order valence-corrected chi connectivity index (χ3v) is 4.72. The second kappa shape index (κ2) is 7.89. The van der Waals surface area contributed by atoms with E-state index in [1.165, 1.54) is 0 Å². The van der Waals surface area contributed by atoms with Crippen molar-refractivity contribution in [1.82, 2.24) is 5.32 Å². The molecule has 0 aliphatic heterocycles. The van der Waals surface area contributed by atoms with Gasteiger partial charge >= 0.3 is 0 Å². The van der Waals surface area contributed by atoms with Crippen LogP contribution in [0.4, 0.5) is 5.69 Å². The normalized spacial score (nSPS) is 13.4. The van der Waals surface area contributed by atoms with Crippen molar-refractivity contribution >= 4 is 40.7 Å². The molecule has 130 valence electrons. The van der Waals surface area contributed by atoms with Gasteiger partial charge in [-0.05, 0) is 48.2 Å². The smallest absolute Gasteiger partial charge is 0.227 e. The molecule has 1 aliphatic carbocycles. The van der Waals surface area contributed by atoms with E-state index in [-0.39, 0.29) is 24.2 Å². The van der Waals surface area contributed by atoms with Crippen LogP contribution in [0.5, 0.6) is 0 Å². The lowest BCUT2D eigenvalue weighted by Gasteiger charge is -2.09. The number of halogens is 2. The molecule has 0 radical (unpaired) electrons. The largest absolute Gasteiger partial charge is 0.352 e. The van der Waals surface area contributed by atoms with Crippen molar-refractivity contribution in [2.45, 2.75) is 25.8 Å². The Labute approximate surface area is 156 Å². The second-order valence-corrected chi connectivity index (χ2v) is 6.98. The summed E-state index contributed by atoms with van der Waals surface area (Å²) < 4.78 is 0. The Morgan fingerprint density at radius 1 is 1.00 bits per heavy atom. The molecule has 0 bridgehead atoms. The Balaban J connectivity index is 1.52. The highest BCUT2D eigenvalue weighted by Gasteiger charge is 2.29. The molecule has 1 aliphatic rings. The first-order chi connectivity index (χ1) is 12.0. The molecule has 2 aromatic carbocycles. The van der Waals surface area contributed by atoms with Crippen LogP contribution in [0.3, 0.4) is 0 Å². The molecule has 0 heterocycles. The van der Waals surface area contributed by atoms with E-state index in [1.807, 2.05) is 24.3 Å². The summed E-state index contributed by atoms with van der Waals surface area (Å²) in [5.41, 5.74) is 2.49. The first-order valence-electron chi connectivity index (χ1n) is 8.11. The van der Waals surface area contributed by atoms with E-state index in [1.54, 1.807) is 18.2 Å². The standard InChI is InChI=1S/C19H18Cl2N2O2/c20-16-7-4-12(9-17(16)21)10-18(24)22-11-13-2-1-3-15(8-13)23-19(25)14-5-6-14/h1-4,7-9,14H,5-6,10-11H2,(H,22,24)(H,23,25). The van der Waals surface area contributed by atoms with E-state index >= 15 is 0 Å². The van der Waals surface area contributed by atoms with Gasteiger partial charge in [-0.2, -0.15) is 0 Å². The Kier molecular flexibility index (Phi) is 5.61. The van der Waals surface area contributed by atoms with Crippen LogP contribution in [0.2, 0.25) is 10.0 Å². The van der Waals surface area contributed by atoms with Crippen molar-refractivity contribution in [3.05, 3.63) is 63.6 Å². The number of carbonyl (C=O) groups is 2. The van der Waals surface area contributed by atoms with Gasteiger partial charge in [-0.25, -0.2) is 0 Å². The zero-order chi connectivity index (χ0) is 17.8. The molecule has 4 nitrogen and oxygen atoms in total. The van der Waals surface area contributed by atoms with Gasteiger partial charge in [0.25, 0.3) is 0 Å². The monoisotopic (exact) mass is 376 g/mol. The minimum absolute atomic E-state index is 0.0702. The summed E-state index contributed by atoms with van der Waals surface area (Å²) >= 11 is 11.8. The second-order valence-electron chi connectivity index (χ2n) is 6.17. The predicted molar refractivity (Wildman–Crippen MR) is 99.8 cm³/mol. The summed E-state index contributed by atoms with van der Waals surface area (Å²) in [6.45, 7) is 0.396. The van der Waals surface area contributed by atoms with E-state index < -0.39 is 0 Å². The van der Waals surface area contributed by atoms with Gasteiger partial charge < -0.3 is 10.6 Å². The number of hydrogen-bond acceptors (Lipinski definition) is 2. The summed E-state index contributed by atoms with van der Waals surface area (Å²) in [6, 6.07) is 12.6. The minimum Gasteiger partial charge on any atom is -0.352 e. The van der Waals surface area contributed by atoms with Crippen LogP contribution >= 0.6 is 23.2 Å². The van der Waals surface area contributed by atoms with Gasteiger partial charge in [-0.3, -0.25) is 9.59 Å². The zero-order valence-electron chi connectivity index (χ0n) is 13.5. The number of benzene rings is 2. The molecule has 2 aromatic rings. The molecule has 0 unspecified atom stereocenters. The highest BCUT2D eigenvalue weighted by molar-refractivity contribution is 6.42. The van der Waals surface area contributed by atoms with Gasteiger partial charge in [-0.15, -0.1) is 0 Å². The summed E-state index contributed by atoms with van der Waals surface area (Å²) in [5, 5.41) is 6.68. The molecule has 0 aromatic heterocycles. The van der Waals surface area contributed by atoms with Crippen molar-refractivity contribution in [2.75, 3.05) is 5.32 Å². The molecule has 0 spiro atoms. The highest BCUT2D eigenvalue weighted by Crippen LogP contribution is 2.30. The molecule has 0 atom stereocenters. The van der Waals surface area contributed by atoms with Crippen LogP contribution in [0.1, 0.15) is 24.0 Å². The Hall–Kier alpha value is -2.04. The summed E-state index contributed by atoms with van der Waals surface area (Å²) in [6.07, 6.45) is 2.17. The Morgan fingerprint density at radius 3 is 2.52 bits per heavy atom. The van der Waals surface area contributed by atoms with E-state index in [0.29, 0.717) is 16.6 Å². The molecule has 2 amide bonds. The molecule has 3 rings (SSSR count). The minimum atomic E-state index is -0.106. The maximum absolute atomic E-state index is 12.1. The van der Waals surface area contributed by atoms with E-state index in [2.05, 4.69) is 10.6 Å². The maximum Gasteiger partial charge on any atom is 0.227 e. The molecule has 2 N–H and O–H groups in total. The summed E-state index contributed by atoms with van der Waals surface area (Å²) in [5.74, 6) is 0.126. The first-order valence-corrected chi connectivity index (χ1v) is 8.87. The number of nitrogens with one attached hydrogen (secondary N) is 2. The third-order valence-electron chi connectivity index (χ3n) is 3.98. The van der Waals surface area contributed by atoms with Gasteiger partial charge in [0, 0.05) is 18.2 Å². The van der Waals surface area contributed by atoms with E-state index in [0.717, 1.165) is 29.7 Å². The lowest BCUT2D eigenvalue weighted by molar-refractivity contribution is -0.120. The fourth-order valence-electron chi connectivity index (χ4n) is 2.45. The van der Waals surface area contributed by atoms with Crippen molar-refractivity contribution in [3.8, 4) is 0 Å². The molecular formula is C19H18Cl2N2O2. The van der Waals surface area contributed by atoms with Crippen LogP contribution in [0.25, 0.3) is 0 Å². The van der Waals surface area contributed by atoms with Crippen LogP contribution in [0, 0.1) is 5.92 Å². The lowest BCUT2D eigenvalue weighted by atomic mass is 10.1. The third kappa shape index (κ3) is 5.21. The fraction of sp³-hybridized carbons (Fsp3) is 0.263. The molecule has 1 saturated carbocycles. The summed E-state index contributed by atoms with van der Waals surface area (Å²) in [4.78, 5) is 23.9. The zero-order valence-corrected chi connectivity index (χ0v) is 15.0. The van der Waals surface area contributed by atoms with Crippen molar-refractivity contribution in [2.24, 2.45) is 5.92 Å². The van der Waals surface area contributed by atoms with Gasteiger partial charge in [0.2, 0.25) is 11.8 Å². The van der Waals surface area contributed by atoms with Crippen molar-refractivity contribution < 1.29 is 9.59 Å². The van der Waals surface area contributed by atoms with Gasteiger partial charge in [0.1, 0.15) is 0 Å². The van der Waals surface area contributed by atoms with Gasteiger partial charge in [-0.1, -0.05) is 41.4 Å². The van der Waals surface area contributed by atoms with Gasteiger partial charge in [0.15, 0.2) is 0 Å². The van der Waals surface area contributed by atoms with E-state index in [4.69, 9.17) is 23.2 Å². The maximum atomic E-state index is 12.1. The molecule has 0 saturated heterocycles. The first kappa shape index (κ1) is 17.8. The van der Waals surface area contributed by atoms with Crippen molar-refractivity contribution in [3.63, 3.8) is 0 Å². The average Bonchev–Trinajstić information content (AvgIpc) is 3.42. The SMILES string of the molecule is O=C(Cc1ccc(Cl)c(Cl)c1)NCc1cccc(NC(=O)C2CC2)c1. The number of hydrogen-bond donors (Lipinski definition) is 2. The quantitative estimate of drug-likeness (QED) is 0.793. The molecular weight excluding hydrogens is 359 g/mol. The van der Waals surface area contributed by atoms with Crippen molar-refractivity contribution in [1.29, 1.82) is 0 Å². The number of carbonyl (C=O) groups excluding carboxylic acids is 2. The number of anilines is 1. The highest BCUT2D eigenvalue weighted by atomic mass is 35.5. The van der Waals surface area contributed by atoms with Crippen LogP contribution in [-0.2, 0) is 22.6 Å². The fourth-order valence-corrected chi connectivity index (χ4v) is 2.77. The topological polar surface area (TPSA) is 58.2 Å². The Bertz CT molecular complexity index is 804. The van der Waals surface area contributed by atoms with Crippen LogP contribution in [0.15, 0.2) is 42.5 Å². The molecule has 6 heteroatoms. The van der Waals surface area contributed by atoms with Crippen LogP contribution in [-0.4, -0.2) is 11.8 Å². The molecule has 1 fully saturated rings. The number of rotatable bonds is 6. The Morgan fingerprint density at radius 2 is 1.80 bits per heavy atom. The summed E-state index contributed by atoms with van der Waals surface area (Å²) in [7, 11) is 0.